The lowest BCUT2D eigenvalue weighted by Crippen LogP contribution is -2.54. The molecule has 0 saturated heterocycles. The van der Waals surface area contributed by atoms with Gasteiger partial charge in [-0.15, -0.1) is 11.8 Å². The Kier molecular flexibility index (Phi) is 7.88. The van der Waals surface area contributed by atoms with Crippen LogP contribution < -0.4 is 10.1 Å². The summed E-state index contributed by atoms with van der Waals surface area (Å²) in [6, 6.07) is 7.44. The molecule has 146 valence electrons. The maximum absolute atomic E-state index is 12.7. The summed E-state index contributed by atoms with van der Waals surface area (Å²) in [4.78, 5) is 21.8. The maximum atomic E-state index is 12.7. The molecule has 1 heterocycles. The van der Waals surface area contributed by atoms with Gasteiger partial charge < -0.3 is 19.6 Å². The van der Waals surface area contributed by atoms with Crippen molar-refractivity contribution in [2.45, 2.75) is 17.9 Å². The van der Waals surface area contributed by atoms with Crippen molar-refractivity contribution in [3.05, 3.63) is 34.9 Å². The zero-order valence-electron chi connectivity index (χ0n) is 15.6. The van der Waals surface area contributed by atoms with Crippen LogP contribution >= 0.6 is 27.7 Å². The number of nitrogens with one attached hydrogen (secondary N) is 1. The van der Waals surface area contributed by atoms with Gasteiger partial charge in [0.05, 0.1) is 23.9 Å². The predicted octanol–water partition coefficient (Wildman–Crippen LogP) is 3.22. The summed E-state index contributed by atoms with van der Waals surface area (Å²) in [7, 11) is 2.99. The van der Waals surface area contributed by atoms with Gasteiger partial charge in [0.1, 0.15) is 12.9 Å². The Balaban J connectivity index is 2.15. The van der Waals surface area contributed by atoms with E-state index in [2.05, 4.69) is 31.4 Å². The number of amides is 1. The topological polar surface area (TPSA) is 82.0 Å². The third-order valence-electron chi connectivity index (χ3n) is 3.59. The van der Waals surface area contributed by atoms with Crippen molar-refractivity contribution < 1.29 is 19.1 Å². The average Bonchev–Trinajstić information content (AvgIpc) is 2.64. The Morgan fingerprint density at radius 2 is 2.22 bits per heavy atom. The van der Waals surface area contributed by atoms with Crippen LogP contribution in [0.2, 0.25) is 0 Å². The molecule has 7 nitrogen and oxygen atoms in total. The molecular formula is C18H22BrN3O4S. The van der Waals surface area contributed by atoms with Crippen LogP contribution in [0.25, 0.3) is 10.9 Å². The molecule has 2 atom stereocenters. The molecule has 0 fully saturated rings. The van der Waals surface area contributed by atoms with E-state index in [1.807, 2.05) is 18.2 Å². The molecule has 0 bridgehead atoms. The van der Waals surface area contributed by atoms with Gasteiger partial charge in [-0.3, -0.25) is 9.78 Å². The lowest BCUT2D eigenvalue weighted by atomic mass is 10.1. The normalized spacial score (nSPS) is 14.7. The number of ether oxygens (including phenoxy) is 2. The Labute approximate surface area is 171 Å². The molecule has 27 heavy (non-hydrogen) atoms. The number of carbonyl (C=O) groups excluding carboxylic acids is 1. The second kappa shape index (κ2) is 9.91. The number of hydrogen-bond acceptors (Lipinski definition) is 7. The maximum Gasteiger partial charge on any atom is 0.272 e. The minimum Gasteiger partial charge on any atom is -0.470 e. The Bertz CT molecular complexity index is 820. The standard InChI is InChI=1S/C18H22BrN3O4S/c1-18(11-24-2,10-21-25-3)22-16(23)17(27-4)26-14-5-6-15-12(8-14)7-13(19)9-20-15/h5-10,17H,11H2,1-4H3,(H,22,23). The first kappa shape index (κ1) is 21.5. The minimum atomic E-state index is -0.822. The Hall–Kier alpha value is -1.84. The number of halogens is 1. The van der Waals surface area contributed by atoms with Crippen molar-refractivity contribution in [2.24, 2.45) is 5.16 Å². The van der Waals surface area contributed by atoms with E-state index >= 15 is 0 Å². The van der Waals surface area contributed by atoms with Gasteiger partial charge in [0.25, 0.3) is 5.91 Å². The molecule has 0 aliphatic heterocycles. The van der Waals surface area contributed by atoms with Crippen molar-refractivity contribution in [1.29, 1.82) is 0 Å². The van der Waals surface area contributed by atoms with Gasteiger partial charge in [-0.1, -0.05) is 5.16 Å². The summed E-state index contributed by atoms with van der Waals surface area (Å²) < 4.78 is 11.9. The number of oxime groups is 1. The molecule has 9 heteroatoms. The first-order valence-corrected chi connectivity index (χ1v) is 10.1. The van der Waals surface area contributed by atoms with Gasteiger partial charge >= 0.3 is 0 Å². The van der Waals surface area contributed by atoms with Crippen LogP contribution in [-0.4, -0.2) is 55.2 Å². The first-order valence-electron chi connectivity index (χ1n) is 8.04. The zero-order valence-corrected chi connectivity index (χ0v) is 18.0. The van der Waals surface area contributed by atoms with E-state index in [0.717, 1.165) is 15.4 Å². The average molecular weight is 456 g/mol. The number of rotatable bonds is 9. The fourth-order valence-corrected chi connectivity index (χ4v) is 3.23. The van der Waals surface area contributed by atoms with Gasteiger partial charge in [-0.05, 0) is 53.4 Å². The molecule has 2 aromatic rings. The van der Waals surface area contributed by atoms with Gasteiger partial charge in [0.15, 0.2) is 0 Å². The number of aromatic nitrogens is 1. The summed E-state index contributed by atoms with van der Waals surface area (Å²) in [5, 5.41) is 7.55. The van der Waals surface area contributed by atoms with Crippen molar-refractivity contribution in [1.82, 2.24) is 10.3 Å². The van der Waals surface area contributed by atoms with E-state index in [-0.39, 0.29) is 12.5 Å². The number of methoxy groups -OCH3 is 1. The van der Waals surface area contributed by atoms with E-state index in [4.69, 9.17) is 14.3 Å². The van der Waals surface area contributed by atoms with E-state index in [1.54, 1.807) is 32.6 Å². The van der Waals surface area contributed by atoms with Crippen LogP contribution in [0.1, 0.15) is 6.92 Å². The fraction of sp³-hybridized carbons (Fsp3) is 0.389. The second-order valence-electron chi connectivity index (χ2n) is 5.95. The smallest absolute Gasteiger partial charge is 0.272 e. The van der Waals surface area contributed by atoms with Crippen LogP contribution in [0.5, 0.6) is 5.75 Å². The quantitative estimate of drug-likeness (QED) is 0.355. The van der Waals surface area contributed by atoms with Gasteiger partial charge in [-0.25, -0.2) is 0 Å². The monoisotopic (exact) mass is 455 g/mol. The van der Waals surface area contributed by atoms with Crippen LogP contribution in [-0.2, 0) is 14.4 Å². The SMILES string of the molecule is COCC(C)(C=NOC)NC(=O)C(Oc1ccc2ncc(Br)cc2c1)SC. The van der Waals surface area contributed by atoms with Gasteiger partial charge in [0.2, 0.25) is 5.44 Å². The zero-order chi connectivity index (χ0) is 19.9. The molecule has 2 rings (SSSR count). The summed E-state index contributed by atoms with van der Waals surface area (Å²) in [5.41, 5.74) is -0.717. The predicted molar refractivity (Wildman–Crippen MR) is 111 cm³/mol. The highest BCUT2D eigenvalue weighted by molar-refractivity contribution is 9.10. The summed E-state index contributed by atoms with van der Waals surface area (Å²) >= 11 is 4.70. The van der Waals surface area contributed by atoms with E-state index in [9.17, 15) is 4.79 Å². The first-order chi connectivity index (χ1) is 12.9. The van der Waals surface area contributed by atoms with Gasteiger partial charge in [-0.2, -0.15) is 0 Å². The number of hydrogen-bond donors (Lipinski definition) is 1. The number of carbonyl (C=O) groups is 1. The van der Waals surface area contributed by atoms with E-state index in [1.165, 1.54) is 25.1 Å². The lowest BCUT2D eigenvalue weighted by Gasteiger charge is -2.27. The van der Waals surface area contributed by atoms with Crippen molar-refractivity contribution >= 4 is 50.7 Å². The fourth-order valence-electron chi connectivity index (χ4n) is 2.40. The summed E-state index contributed by atoms with van der Waals surface area (Å²) in [6.45, 7) is 2.02. The van der Waals surface area contributed by atoms with E-state index in [0.29, 0.717) is 5.75 Å². The summed E-state index contributed by atoms with van der Waals surface area (Å²) in [6.07, 6.45) is 5.03. The highest BCUT2D eigenvalue weighted by Gasteiger charge is 2.29. The molecule has 0 radical (unpaired) electrons. The second-order valence-corrected chi connectivity index (χ2v) is 7.77. The Morgan fingerprint density at radius 1 is 1.44 bits per heavy atom. The lowest BCUT2D eigenvalue weighted by molar-refractivity contribution is -0.126. The van der Waals surface area contributed by atoms with Crippen LogP contribution in [0.4, 0.5) is 0 Å². The number of nitrogens with zero attached hydrogens (tertiary/aromatic N) is 2. The van der Waals surface area contributed by atoms with Crippen molar-refractivity contribution in [2.75, 3.05) is 27.1 Å². The largest absolute Gasteiger partial charge is 0.470 e. The molecule has 2 unspecified atom stereocenters. The number of benzene rings is 1. The third-order valence-corrected chi connectivity index (χ3v) is 4.76. The van der Waals surface area contributed by atoms with Crippen LogP contribution in [0.3, 0.4) is 0 Å². The number of thioether (sulfide) groups is 1. The molecule has 0 saturated carbocycles. The molecule has 0 spiro atoms. The highest BCUT2D eigenvalue weighted by Crippen LogP contribution is 2.24. The van der Waals surface area contributed by atoms with E-state index < -0.39 is 11.0 Å². The molecular weight excluding hydrogens is 434 g/mol. The molecule has 1 aromatic heterocycles. The minimum absolute atomic E-state index is 0.238. The number of pyridine rings is 1. The Morgan fingerprint density at radius 3 is 2.89 bits per heavy atom. The van der Waals surface area contributed by atoms with Crippen molar-refractivity contribution in [3.8, 4) is 5.75 Å². The van der Waals surface area contributed by atoms with Crippen molar-refractivity contribution in [3.63, 3.8) is 0 Å². The molecule has 0 aliphatic rings. The van der Waals surface area contributed by atoms with Crippen LogP contribution in [0.15, 0.2) is 40.1 Å². The highest BCUT2D eigenvalue weighted by atomic mass is 79.9. The van der Waals surface area contributed by atoms with Gasteiger partial charge in [0, 0.05) is 23.2 Å². The molecule has 1 N–H and O–H groups in total. The summed E-state index contributed by atoms with van der Waals surface area (Å²) in [5.74, 6) is 0.285. The van der Waals surface area contributed by atoms with Crippen LogP contribution in [0, 0.1) is 0 Å². The molecule has 1 aromatic carbocycles. The number of fused-ring (bicyclic) bond motifs is 1. The third kappa shape index (κ3) is 6.08. The molecule has 1 amide bonds. The molecule has 0 aliphatic carbocycles.